The van der Waals surface area contributed by atoms with Crippen LogP contribution in [-0.2, 0) is 59.2 Å². The van der Waals surface area contributed by atoms with Crippen molar-refractivity contribution in [3.63, 3.8) is 0 Å². The first-order valence-electron chi connectivity index (χ1n) is 20.7. The van der Waals surface area contributed by atoms with E-state index in [4.69, 9.17) is 28.7 Å². The molecule has 0 radical (unpaired) electrons. The van der Waals surface area contributed by atoms with Gasteiger partial charge in [0.1, 0.15) is 42.3 Å². The first-order valence-corrected chi connectivity index (χ1v) is 24.1. The van der Waals surface area contributed by atoms with Crippen LogP contribution in [-0.4, -0.2) is 149 Å². The van der Waals surface area contributed by atoms with Crippen molar-refractivity contribution in [2.75, 3.05) is 31.1 Å². The van der Waals surface area contributed by atoms with Crippen molar-refractivity contribution in [1.29, 1.82) is 0 Å². The molecule has 1 aromatic heterocycles. The van der Waals surface area contributed by atoms with Crippen LogP contribution >= 0.6 is 32.9 Å². The van der Waals surface area contributed by atoms with Gasteiger partial charge >= 0.3 is 0 Å². The van der Waals surface area contributed by atoms with Crippen LogP contribution in [0.15, 0.2) is 17.5 Å². The Labute approximate surface area is 386 Å². The number of rotatable bonds is 16. The van der Waals surface area contributed by atoms with Crippen molar-refractivity contribution >= 4 is 97.9 Å². The Morgan fingerprint density at radius 1 is 0.815 bits per heavy atom. The zero-order valence-electron chi connectivity index (χ0n) is 36.0. The van der Waals surface area contributed by atoms with E-state index in [2.05, 4.69) is 37.2 Å². The highest BCUT2D eigenvalue weighted by Gasteiger charge is 2.41. The lowest BCUT2D eigenvalue weighted by Gasteiger charge is -2.31. The van der Waals surface area contributed by atoms with Crippen molar-refractivity contribution in [2.24, 2.45) is 34.6 Å². The maximum Gasteiger partial charge on any atom is 0.246 e. The normalized spacial score (nSPS) is 25.0. The van der Waals surface area contributed by atoms with E-state index < -0.39 is 139 Å². The van der Waals surface area contributed by atoms with Gasteiger partial charge in [-0.25, -0.2) is 0 Å². The lowest BCUT2D eigenvalue weighted by Crippen LogP contribution is -2.62. The molecule has 17 N–H and O–H groups in total. The lowest BCUT2D eigenvalue weighted by molar-refractivity contribution is -0.142. The molecule has 11 amide bonds. The molecule has 0 unspecified atom stereocenters. The highest BCUT2D eigenvalue weighted by molar-refractivity contribution is 8.76. The van der Waals surface area contributed by atoms with Gasteiger partial charge in [-0.05, 0) is 43.2 Å². The van der Waals surface area contributed by atoms with Crippen LogP contribution in [0.5, 0.6) is 0 Å². The van der Waals surface area contributed by atoms with Crippen LogP contribution in [0.4, 0.5) is 0 Å². The summed E-state index contributed by atoms with van der Waals surface area (Å²) in [6.07, 6.45) is -0.759. The van der Waals surface area contributed by atoms with Gasteiger partial charge in [-0.2, -0.15) is 0 Å². The molecule has 2 aliphatic heterocycles. The fourth-order valence-electron chi connectivity index (χ4n) is 6.69. The SMILES string of the molecule is CC[C@H](C)[C@@H]1NC(=O)[C@H](Cc2cccs2)NC(=O)[C@@H](N)CSSC[C@@H](C(=O)N2CCC[C@H]2C(=O)N[C@@H](CCN)C(=O)NCC(N)=O)NC(=O)[C@H](CC(N)=O)NC(=O)[C@H](CC(N)=O)NC1=O. The molecule has 2 aliphatic rings. The third-order valence-corrected chi connectivity index (χ3v) is 13.7. The van der Waals surface area contributed by atoms with Gasteiger partial charge in [0.15, 0.2) is 0 Å². The number of likely N-dealkylation sites (tertiary alicyclic amines) is 1. The predicted octanol–water partition coefficient (Wildman–Crippen LogP) is -5.34. The van der Waals surface area contributed by atoms with Gasteiger partial charge < -0.3 is 70.8 Å². The average Bonchev–Trinajstić information content (AvgIpc) is 3.96. The number of primary amides is 3. The molecule has 9 atom stereocenters. The Kier molecular flexibility index (Phi) is 21.9. The Bertz CT molecular complexity index is 1910. The lowest BCUT2D eigenvalue weighted by atomic mass is 9.97. The molecule has 3 rings (SSSR count). The predicted molar refractivity (Wildman–Crippen MR) is 240 cm³/mol. The van der Waals surface area contributed by atoms with Gasteiger partial charge in [-0.3, -0.25) is 52.7 Å². The van der Waals surface area contributed by atoms with Crippen molar-refractivity contribution in [2.45, 2.75) is 107 Å². The standard InChI is InChI=1S/C38H59N13O11S3/c1-3-18(2)30-37(61)48-24(14-28(42)53)33(57)47-23(13-27(41)52)34(58)49-25(17-65-64-16-20(40)31(55)46-22(35(59)50-30)12-19-6-5-11-63-19)38(62)51-10-4-7-26(51)36(60)45-21(8-9-39)32(56)44-15-29(43)54/h5-6,11,18,20-26,30H,3-4,7-10,12-17,39-40H2,1-2H3,(H2,41,52)(H2,42,53)(H2,43,54)(H,44,56)(H,45,60)(H,46,55)(H,47,57)(H,48,61)(H,49,58)(H,50,59)/t18-,20-,21-,22-,23-,24-,25-,26-,30-/m0/s1. The van der Waals surface area contributed by atoms with Crippen LogP contribution < -0.4 is 65.9 Å². The zero-order valence-corrected chi connectivity index (χ0v) is 38.4. The number of carbonyl (C=O) groups is 11. The van der Waals surface area contributed by atoms with Crippen LogP contribution in [0.1, 0.15) is 57.2 Å². The summed E-state index contributed by atoms with van der Waals surface area (Å²) in [6.45, 7) is 2.90. The molecule has 0 spiro atoms. The van der Waals surface area contributed by atoms with Gasteiger partial charge in [0, 0.05) is 29.3 Å². The minimum absolute atomic E-state index is 0.0262. The van der Waals surface area contributed by atoms with Crippen molar-refractivity contribution < 1.29 is 52.7 Å². The summed E-state index contributed by atoms with van der Waals surface area (Å²) >= 11 is 1.33. The highest BCUT2D eigenvalue weighted by Crippen LogP contribution is 2.26. The van der Waals surface area contributed by atoms with E-state index in [1.54, 1.807) is 31.4 Å². The van der Waals surface area contributed by atoms with Gasteiger partial charge in [-0.15, -0.1) is 11.3 Å². The second kappa shape index (κ2) is 26.5. The second-order valence-corrected chi connectivity index (χ2v) is 19.0. The molecule has 1 aromatic rings. The van der Waals surface area contributed by atoms with Crippen LogP contribution in [0.25, 0.3) is 0 Å². The van der Waals surface area contributed by atoms with Gasteiger partial charge in [-0.1, -0.05) is 47.9 Å². The number of amides is 11. The first kappa shape index (κ1) is 53.8. The molecule has 65 heavy (non-hydrogen) atoms. The molecule has 0 bridgehead atoms. The average molecular weight is 970 g/mol. The van der Waals surface area contributed by atoms with E-state index >= 15 is 0 Å². The molecule has 2 saturated heterocycles. The third-order valence-electron chi connectivity index (χ3n) is 10.4. The summed E-state index contributed by atoms with van der Waals surface area (Å²) < 4.78 is 0. The van der Waals surface area contributed by atoms with E-state index in [-0.39, 0.29) is 43.9 Å². The van der Waals surface area contributed by atoms with Gasteiger partial charge in [0.2, 0.25) is 65.0 Å². The number of thiophene rings is 1. The molecule has 360 valence electrons. The minimum atomic E-state index is -1.78. The summed E-state index contributed by atoms with van der Waals surface area (Å²) in [4.78, 5) is 147. The molecule has 27 heteroatoms. The summed E-state index contributed by atoms with van der Waals surface area (Å²) in [5, 5.41) is 19.2. The molecule has 2 fully saturated rings. The van der Waals surface area contributed by atoms with Crippen molar-refractivity contribution in [3.8, 4) is 0 Å². The second-order valence-electron chi connectivity index (χ2n) is 15.4. The van der Waals surface area contributed by atoms with E-state index in [9.17, 15) is 52.7 Å². The molecule has 0 aliphatic carbocycles. The third kappa shape index (κ3) is 17.1. The van der Waals surface area contributed by atoms with E-state index in [1.165, 1.54) is 16.2 Å². The maximum atomic E-state index is 14.4. The number of nitrogens with zero attached hydrogens (tertiary/aromatic N) is 1. The Morgan fingerprint density at radius 3 is 2.00 bits per heavy atom. The van der Waals surface area contributed by atoms with E-state index in [0.717, 1.165) is 26.5 Å². The Hall–Kier alpha value is -5.51. The van der Waals surface area contributed by atoms with Crippen molar-refractivity contribution in [1.82, 2.24) is 42.1 Å². The number of nitrogens with one attached hydrogen (secondary N) is 7. The zero-order chi connectivity index (χ0) is 48.4. The summed E-state index contributed by atoms with van der Waals surface area (Å²) in [7, 11) is 2.06. The van der Waals surface area contributed by atoms with E-state index in [0.29, 0.717) is 12.8 Å². The quantitative estimate of drug-likeness (QED) is 0.0689. The molecule has 24 nitrogen and oxygen atoms in total. The molecular formula is C38H59N13O11S3. The number of carbonyl (C=O) groups excluding carboxylic acids is 11. The molecule has 0 saturated carbocycles. The Morgan fingerprint density at radius 2 is 1.42 bits per heavy atom. The smallest absolute Gasteiger partial charge is 0.246 e. The highest BCUT2D eigenvalue weighted by atomic mass is 33.1. The number of nitrogens with two attached hydrogens (primary N) is 5. The van der Waals surface area contributed by atoms with Crippen molar-refractivity contribution in [3.05, 3.63) is 22.4 Å². The summed E-state index contributed by atoms with van der Waals surface area (Å²) in [5.74, 6) is -10.6. The fraction of sp³-hybridized carbons (Fsp3) is 0.605. The maximum absolute atomic E-state index is 14.4. The molecular weight excluding hydrogens is 911 g/mol. The Balaban J connectivity index is 2.01. The van der Waals surface area contributed by atoms with Crippen LogP contribution in [0.2, 0.25) is 0 Å². The van der Waals surface area contributed by atoms with Crippen LogP contribution in [0, 0.1) is 5.92 Å². The largest absolute Gasteiger partial charge is 0.370 e. The summed E-state index contributed by atoms with van der Waals surface area (Å²) in [5.41, 5.74) is 28.0. The first-order chi connectivity index (χ1) is 30.7. The fourth-order valence-corrected chi connectivity index (χ4v) is 9.72. The van der Waals surface area contributed by atoms with Gasteiger partial charge in [0.25, 0.3) is 0 Å². The summed E-state index contributed by atoms with van der Waals surface area (Å²) in [6, 6.07) is -7.54. The van der Waals surface area contributed by atoms with E-state index in [1.807, 2.05) is 0 Å². The number of hydrogen-bond acceptors (Lipinski definition) is 16. The van der Waals surface area contributed by atoms with Crippen LogP contribution in [0.3, 0.4) is 0 Å². The van der Waals surface area contributed by atoms with Gasteiger partial charge in [0.05, 0.1) is 25.4 Å². The monoisotopic (exact) mass is 969 g/mol. The molecule has 0 aromatic carbocycles. The molecule has 3 heterocycles. The topological polar surface area (TPSA) is 405 Å². The minimum Gasteiger partial charge on any atom is -0.370 e. The number of hydrogen-bond donors (Lipinski definition) is 12.